The van der Waals surface area contributed by atoms with E-state index >= 15 is 0 Å². The van der Waals surface area contributed by atoms with Crippen LogP contribution in [0.15, 0.2) is 18.2 Å². The van der Waals surface area contributed by atoms with E-state index in [1.807, 2.05) is 12.1 Å². The molecule has 2 rings (SSSR count). The highest BCUT2D eigenvalue weighted by Crippen LogP contribution is 2.31. The number of nitrogens with zero attached hydrogens (tertiary/aromatic N) is 1. The predicted octanol–water partition coefficient (Wildman–Crippen LogP) is 5.06. The van der Waals surface area contributed by atoms with E-state index in [2.05, 4.69) is 39.1 Å². The van der Waals surface area contributed by atoms with E-state index in [1.165, 1.54) is 21.7 Å². The van der Waals surface area contributed by atoms with E-state index in [0.29, 0.717) is 0 Å². The first kappa shape index (κ1) is 16.5. The first-order valence-corrected chi connectivity index (χ1v) is 8.71. The summed E-state index contributed by atoms with van der Waals surface area (Å²) in [4.78, 5) is 6.17. The highest BCUT2D eigenvalue weighted by molar-refractivity contribution is 7.11. The maximum Gasteiger partial charge on any atom is 0.115 e. The van der Waals surface area contributed by atoms with Gasteiger partial charge in [0.1, 0.15) is 5.01 Å². The molecule has 0 bridgehead atoms. The van der Waals surface area contributed by atoms with E-state index < -0.39 is 0 Å². The third-order valence-electron chi connectivity index (χ3n) is 3.63. The van der Waals surface area contributed by atoms with Gasteiger partial charge in [-0.15, -0.1) is 11.3 Å². The molecule has 0 radical (unpaired) electrons. The molecule has 0 fully saturated rings. The number of hydrogen-bond donors (Lipinski definition) is 1. The van der Waals surface area contributed by atoms with Crippen LogP contribution in [0.3, 0.4) is 0 Å². The third-order valence-corrected chi connectivity index (χ3v) is 4.95. The summed E-state index contributed by atoms with van der Waals surface area (Å²) >= 11 is 7.89. The highest BCUT2D eigenvalue weighted by atomic mass is 35.5. The predicted molar refractivity (Wildman–Crippen MR) is 92.6 cm³/mol. The molecule has 0 saturated carbocycles. The number of nitrogens with one attached hydrogen (secondary N) is 1. The summed E-state index contributed by atoms with van der Waals surface area (Å²) in [5, 5.41) is 5.57. The lowest BCUT2D eigenvalue weighted by atomic mass is 10.0. The van der Waals surface area contributed by atoms with Crippen LogP contribution in [-0.4, -0.2) is 11.5 Å². The van der Waals surface area contributed by atoms with Gasteiger partial charge in [-0.1, -0.05) is 31.5 Å². The van der Waals surface area contributed by atoms with Gasteiger partial charge in [0.2, 0.25) is 0 Å². The molecule has 0 saturated heterocycles. The monoisotopic (exact) mass is 322 g/mol. The van der Waals surface area contributed by atoms with E-state index in [4.69, 9.17) is 16.6 Å². The fourth-order valence-electron chi connectivity index (χ4n) is 2.48. The Morgan fingerprint density at radius 1 is 1.29 bits per heavy atom. The molecule has 1 unspecified atom stereocenters. The van der Waals surface area contributed by atoms with Crippen molar-refractivity contribution in [2.24, 2.45) is 0 Å². The summed E-state index contributed by atoms with van der Waals surface area (Å²) in [6.45, 7) is 9.60. The maximum atomic E-state index is 6.09. The molecule has 0 aliphatic rings. The van der Waals surface area contributed by atoms with Crippen LogP contribution in [0.4, 0.5) is 0 Å². The largest absolute Gasteiger partial charge is 0.304 e. The van der Waals surface area contributed by atoms with Crippen LogP contribution in [0.25, 0.3) is 0 Å². The standard InChI is InChI=1S/C17H23ClN2S/c1-5-9-19-16(14-8-7-13(18)10-11(14)3)17-20-15(6-2)12(4)21-17/h7-8,10,16,19H,5-6,9H2,1-4H3. The minimum Gasteiger partial charge on any atom is -0.304 e. The van der Waals surface area contributed by atoms with Gasteiger partial charge in [-0.3, -0.25) is 0 Å². The summed E-state index contributed by atoms with van der Waals surface area (Å²) in [7, 11) is 0. The molecule has 1 heterocycles. The summed E-state index contributed by atoms with van der Waals surface area (Å²) in [5.74, 6) is 0. The number of thiazole rings is 1. The Hall–Kier alpha value is -0.900. The molecule has 1 N–H and O–H groups in total. The van der Waals surface area contributed by atoms with Crippen LogP contribution >= 0.6 is 22.9 Å². The normalized spacial score (nSPS) is 12.6. The lowest BCUT2D eigenvalue weighted by Crippen LogP contribution is -2.23. The summed E-state index contributed by atoms with van der Waals surface area (Å²) < 4.78 is 0. The molecule has 2 nitrogen and oxygen atoms in total. The van der Waals surface area contributed by atoms with Crippen molar-refractivity contribution >= 4 is 22.9 Å². The van der Waals surface area contributed by atoms with E-state index in [9.17, 15) is 0 Å². The molecule has 0 amide bonds. The molecule has 1 atom stereocenters. The molecule has 1 aromatic heterocycles. The van der Waals surface area contributed by atoms with E-state index in [1.54, 1.807) is 11.3 Å². The highest BCUT2D eigenvalue weighted by Gasteiger charge is 2.20. The minimum absolute atomic E-state index is 0.159. The molecule has 0 spiro atoms. The zero-order valence-corrected chi connectivity index (χ0v) is 14.7. The maximum absolute atomic E-state index is 6.09. The average molecular weight is 323 g/mol. The van der Waals surface area contributed by atoms with Crippen molar-refractivity contribution in [1.82, 2.24) is 10.3 Å². The fourth-order valence-corrected chi connectivity index (χ4v) is 3.82. The Morgan fingerprint density at radius 2 is 2.05 bits per heavy atom. The van der Waals surface area contributed by atoms with Gasteiger partial charge in [0.15, 0.2) is 0 Å². The SMILES string of the molecule is CCCNC(c1nc(CC)c(C)s1)c1ccc(Cl)cc1C. The van der Waals surface area contributed by atoms with Crippen molar-refractivity contribution in [3.05, 3.63) is 49.9 Å². The topological polar surface area (TPSA) is 24.9 Å². The summed E-state index contributed by atoms with van der Waals surface area (Å²) in [6, 6.07) is 6.27. The summed E-state index contributed by atoms with van der Waals surface area (Å²) in [5.41, 5.74) is 3.69. The molecule has 0 aliphatic heterocycles. The van der Waals surface area contributed by atoms with Crippen LogP contribution in [0.1, 0.15) is 53.0 Å². The van der Waals surface area contributed by atoms with Crippen molar-refractivity contribution in [2.45, 2.75) is 46.6 Å². The van der Waals surface area contributed by atoms with Crippen LogP contribution < -0.4 is 5.32 Å². The zero-order chi connectivity index (χ0) is 15.4. The number of hydrogen-bond acceptors (Lipinski definition) is 3. The van der Waals surface area contributed by atoms with Crippen molar-refractivity contribution in [3.63, 3.8) is 0 Å². The number of rotatable bonds is 6. The number of benzene rings is 1. The first-order valence-electron chi connectivity index (χ1n) is 7.52. The molecule has 1 aromatic carbocycles. The van der Waals surface area contributed by atoms with Gasteiger partial charge in [-0.25, -0.2) is 4.98 Å². The Labute approximate surface area is 136 Å². The number of aromatic nitrogens is 1. The Kier molecular flexibility index (Phi) is 5.80. The van der Waals surface area contributed by atoms with Gasteiger partial charge in [0.25, 0.3) is 0 Å². The van der Waals surface area contributed by atoms with Crippen molar-refractivity contribution in [1.29, 1.82) is 0 Å². The molecule has 114 valence electrons. The van der Waals surface area contributed by atoms with Gasteiger partial charge >= 0.3 is 0 Å². The van der Waals surface area contributed by atoms with Gasteiger partial charge in [-0.05, 0) is 56.5 Å². The second kappa shape index (κ2) is 7.39. The molecule has 21 heavy (non-hydrogen) atoms. The Balaban J connectivity index is 2.41. The second-order valence-corrected chi connectivity index (χ2v) is 6.97. The number of aryl methyl sites for hydroxylation is 3. The molecular formula is C17H23ClN2S. The molecule has 0 aliphatic carbocycles. The molecule has 2 aromatic rings. The van der Waals surface area contributed by atoms with Crippen molar-refractivity contribution in [3.8, 4) is 0 Å². The van der Waals surface area contributed by atoms with Crippen molar-refractivity contribution in [2.75, 3.05) is 6.54 Å². The van der Waals surface area contributed by atoms with Gasteiger partial charge < -0.3 is 5.32 Å². The second-order valence-electron chi connectivity index (χ2n) is 5.30. The van der Waals surface area contributed by atoms with E-state index in [0.717, 1.165) is 29.4 Å². The third kappa shape index (κ3) is 3.85. The lowest BCUT2D eigenvalue weighted by Gasteiger charge is -2.19. The quantitative estimate of drug-likeness (QED) is 0.803. The smallest absolute Gasteiger partial charge is 0.115 e. The molecule has 4 heteroatoms. The lowest BCUT2D eigenvalue weighted by molar-refractivity contribution is 0.592. The Morgan fingerprint density at radius 3 is 2.62 bits per heavy atom. The summed E-state index contributed by atoms with van der Waals surface area (Å²) in [6.07, 6.45) is 2.09. The van der Waals surface area contributed by atoms with Crippen LogP contribution in [0, 0.1) is 13.8 Å². The van der Waals surface area contributed by atoms with Crippen LogP contribution in [-0.2, 0) is 6.42 Å². The van der Waals surface area contributed by atoms with Gasteiger partial charge in [0.05, 0.1) is 11.7 Å². The Bertz CT molecular complexity index is 607. The van der Waals surface area contributed by atoms with Gasteiger partial charge in [-0.2, -0.15) is 0 Å². The van der Waals surface area contributed by atoms with Crippen molar-refractivity contribution < 1.29 is 0 Å². The first-order chi connectivity index (χ1) is 10.1. The fraction of sp³-hybridized carbons (Fsp3) is 0.471. The minimum atomic E-state index is 0.159. The number of halogens is 1. The van der Waals surface area contributed by atoms with Gasteiger partial charge in [0, 0.05) is 9.90 Å². The zero-order valence-electron chi connectivity index (χ0n) is 13.2. The van der Waals surface area contributed by atoms with Crippen LogP contribution in [0.2, 0.25) is 5.02 Å². The molecular weight excluding hydrogens is 300 g/mol. The average Bonchev–Trinajstić information content (AvgIpc) is 2.82. The van der Waals surface area contributed by atoms with Crippen LogP contribution in [0.5, 0.6) is 0 Å². The van der Waals surface area contributed by atoms with E-state index in [-0.39, 0.29) is 6.04 Å².